The molecular formula is C19H16ClFN6O. The van der Waals surface area contributed by atoms with Crippen LogP contribution in [-0.4, -0.2) is 24.5 Å². The molecule has 1 aliphatic rings. The second-order valence-electron chi connectivity index (χ2n) is 6.99. The summed E-state index contributed by atoms with van der Waals surface area (Å²) in [5, 5.41) is 5.04. The van der Waals surface area contributed by atoms with Crippen LogP contribution < -0.4 is 10.9 Å². The molecule has 3 aromatic heterocycles. The van der Waals surface area contributed by atoms with Crippen molar-refractivity contribution in [1.82, 2.24) is 24.5 Å². The summed E-state index contributed by atoms with van der Waals surface area (Å²) >= 11 is 6.30. The number of halogens is 2. The maximum absolute atomic E-state index is 13.5. The van der Waals surface area contributed by atoms with Crippen molar-refractivity contribution in [2.75, 3.05) is 5.32 Å². The van der Waals surface area contributed by atoms with Crippen LogP contribution in [0, 0.1) is 6.08 Å². The first-order valence-corrected chi connectivity index (χ1v) is 9.37. The van der Waals surface area contributed by atoms with Gasteiger partial charge in [-0.2, -0.15) is 9.37 Å². The lowest BCUT2D eigenvalue weighted by molar-refractivity contribution is 0.556. The van der Waals surface area contributed by atoms with Gasteiger partial charge >= 0.3 is 0 Å². The van der Waals surface area contributed by atoms with Crippen molar-refractivity contribution in [3.8, 4) is 0 Å². The summed E-state index contributed by atoms with van der Waals surface area (Å²) in [6, 6.07) is 7.32. The lowest BCUT2D eigenvalue weighted by Gasteiger charge is -2.21. The van der Waals surface area contributed by atoms with Crippen molar-refractivity contribution in [2.24, 2.45) is 0 Å². The number of H-pyrrole nitrogens is 1. The lowest BCUT2D eigenvalue weighted by atomic mass is 10.1. The van der Waals surface area contributed by atoms with Crippen molar-refractivity contribution in [2.45, 2.75) is 31.8 Å². The molecule has 0 bridgehead atoms. The summed E-state index contributed by atoms with van der Waals surface area (Å²) in [6.45, 7) is 1.94. The molecule has 3 heterocycles. The van der Waals surface area contributed by atoms with Crippen molar-refractivity contribution in [3.05, 3.63) is 57.7 Å². The number of aromatic nitrogens is 5. The molecule has 0 aliphatic heterocycles. The summed E-state index contributed by atoms with van der Waals surface area (Å²) in [6.07, 6.45) is 2.52. The zero-order valence-corrected chi connectivity index (χ0v) is 15.7. The van der Waals surface area contributed by atoms with Crippen LogP contribution in [0.3, 0.4) is 0 Å². The summed E-state index contributed by atoms with van der Waals surface area (Å²) in [5.74, 6) is 0.426. The van der Waals surface area contributed by atoms with E-state index in [9.17, 15) is 9.18 Å². The Morgan fingerprint density at radius 1 is 1.36 bits per heavy atom. The smallest absolute Gasteiger partial charge is 0.289 e. The van der Waals surface area contributed by atoms with Gasteiger partial charge < -0.3 is 14.9 Å². The maximum Gasteiger partial charge on any atom is 0.289 e. The van der Waals surface area contributed by atoms with Crippen molar-refractivity contribution >= 4 is 39.4 Å². The van der Waals surface area contributed by atoms with Gasteiger partial charge in [0.25, 0.3) is 11.6 Å². The topological polar surface area (TPSA) is 88.5 Å². The van der Waals surface area contributed by atoms with Gasteiger partial charge in [0.15, 0.2) is 11.5 Å². The number of nitrogens with one attached hydrogen (secondary N) is 2. The third kappa shape index (κ3) is 2.72. The van der Waals surface area contributed by atoms with Gasteiger partial charge in [-0.3, -0.25) is 4.79 Å². The van der Waals surface area contributed by atoms with Gasteiger partial charge in [-0.25, -0.2) is 9.97 Å². The molecule has 1 aromatic carbocycles. The Kier molecular flexibility index (Phi) is 3.83. The second kappa shape index (κ2) is 6.27. The number of anilines is 1. The van der Waals surface area contributed by atoms with Gasteiger partial charge in [0, 0.05) is 11.7 Å². The van der Waals surface area contributed by atoms with Crippen LogP contribution in [0.15, 0.2) is 35.4 Å². The van der Waals surface area contributed by atoms with Crippen LogP contribution in [0.25, 0.3) is 21.9 Å². The fraction of sp³-hybridized carbons (Fsp3) is 0.263. The van der Waals surface area contributed by atoms with Crippen LogP contribution in [0.1, 0.15) is 37.5 Å². The van der Waals surface area contributed by atoms with Crippen LogP contribution in [0.5, 0.6) is 0 Å². The molecule has 2 N–H and O–H groups in total. The minimum absolute atomic E-state index is 0.0883. The molecule has 1 saturated carbocycles. The van der Waals surface area contributed by atoms with Crippen LogP contribution in [0.4, 0.5) is 10.2 Å². The molecule has 0 amide bonds. The van der Waals surface area contributed by atoms with E-state index in [1.54, 1.807) is 6.07 Å². The highest BCUT2D eigenvalue weighted by atomic mass is 35.5. The number of benzene rings is 1. The number of rotatable bonds is 4. The highest BCUT2D eigenvalue weighted by molar-refractivity contribution is 6.35. The van der Waals surface area contributed by atoms with E-state index in [0.717, 1.165) is 23.9 Å². The zero-order valence-electron chi connectivity index (χ0n) is 14.9. The maximum atomic E-state index is 13.5. The Labute approximate surface area is 163 Å². The number of imidazole rings is 1. The lowest BCUT2D eigenvalue weighted by Crippen LogP contribution is -2.26. The summed E-state index contributed by atoms with van der Waals surface area (Å²) < 4.78 is 15.3. The summed E-state index contributed by atoms with van der Waals surface area (Å²) in [5.41, 5.74) is 1.37. The molecule has 142 valence electrons. The highest BCUT2D eigenvalue weighted by Crippen LogP contribution is 2.37. The summed E-state index contributed by atoms with van der Waals surface area (Å²) in [4.78, 5) is 27.6. The van der Waals surface area contributed by atoms with Crippen molar-refractivity contribution < 1.29 is 4.39 Å². The number of fused-ring (bicyclic) bond motifs is 2. The van der Waals surface area contributed by atoms with Crippen molar-refractivity contribution in [1.29, 1.82) is 0 Å². The molecule has 9 heteroatoms. The molecule has 1 aliphatic carbocycles. The standard InChI is InChI=1S/C19H16ClFN6O/c1-9(24-16-15-17(23-8-22-16)26-19(21)25-15)13-7-10-3-2-4-12(20)14(10)18(28)27(13)11-5-6-11/h2-4,7-9,11H,5-6H2,1H3,(H2,22,23,24,25,26)/t9-/m0/s1. The number of nitrogens with zero attached hydrogens (tertiary/aromatic N) is 4. The Hall–Kier alpha value is -3.00. The Balaban J connectivity index is 1.64. The van der Waals surface area contributed by atoms with Crippen LogP contribution in [0.2, 0.25) is 5.02 Å². The summed E-state index contributed by atoms with van der Waals surface area (Å²) in [7, 11) is 0. The largest absolute Gasteiger partial charge is 0.360 e. The van der Waals surface area contributed by atoms with E-state index in [1.807, 2.05) is 29.7 Å². The quantitative estimate of drug-likeness (QED) is 0.508. The van der Waals surface area contributed by atoms with E-state index in [0.29, 0.717) is 21.7 Å². The molecule has 0 unspecified atom stereocenters. The number of hydrogen-bond donors (Lipinski definition) is 2. The van der Waals surface area contributed by atoms with Crippen LogP contribution >= 0.6 is 11.6 Å². The SMILES string of the molecule is C[C@H](Nc1ncnc2nc(F)[nH]c12)c1cc2cccc(Cl)c2c(=O)n1C1CC1. The number of pyridine rings is 1. The molecule has 0 radical (unpaired) electrons. The first-order valence-electron chi connectivity index (χ1n) is 8.99. The Bertz CT molecular complexity index is 1280. The fourth-order valence-electron chi connectivity index (χ4n) is 3.58. The van der Waals surface area contributed by atoms with Crippen molar-refractivity contribution in [3.63, 3.8) is 0 Å². The van der Waals surface area contributed by atoms with E-state index < -0.39 is 6.08 Å². The van der Waals surface area contributed by atoms with Gasteiger partial charge in [-0.05, 0) is 37.3 Å². The van der Waals surface area contributed by atoms with Gasteiger partial charge in [-0.15, -0.1) is 0 Å². The average Bonchev–Trinajstić information content (AvgIpc) is 3.41. The van der Waals surface area contributed by atoms with E-state index in [-0.39, 0.29) is 23.3 Å². The molecule has 4 aromatic rings. The monoisotopic (exact) mass is 398 g/mol. The van der Waals surface area contributed by atoms with Crippen LogP contribution in [-0.2, 0) is 0 Å². The third-order valence-corrected chi connectivity index (χ3v) is 5.34. The molecule has 5 rings (SSSR count). The molecular weight excluding hydrogens is 383 g/mol. The molecule has 0 saturated heterocycles. The predicted octanol–water partition coefficient (Wildman–Crippen LogP) is 3.97. The first-order chi connectivity index (χ1) is 13.5. The minimum atomic E-state index is -0.721. The molecule has 0 spiro atoms. The molecule has 1 fully saturated rings. The van der Waals surface area contributed by atoms with Gasteiger partial charge in [0.1, 0.15) is 11.8 Å². The zero-order chi connectivity index (χ0) is 19.4. The Morgan fingerprint density at radius 3 is 2.96 bits per heavy atom. The van der Waals surface area contributed by atoms with E-state index in [2.05, 4.69) is 25.3 Å². The van der Waals surface area contributed by atoms with E-state index in [1.165, 1.54) is 6.33 Å². The Morgan fingerprint density at radius 2 is 2.18 bits per heavy atom. The minimum Gasteiger partial charge on any atom is -0.360 e. The predicted molar refractivity (Wildman–Crippen MR) is 105 cm³/mol. The molecule has 1 atom stereocenters. The third-order valence-electron chi connectivity index (χ3n) is 5.03. The number of aromatic amines is 1. The number of hydrogen-bond acceptors (Lipinski definition) is 5. The fourth-order valence-corrected chi connectivity index (χ4v) is 3.85. The average molecular weight is 399 g/mol. The van der Waals surface area contributed by atoms with Gasteiger partial charge in [0.2, 0.25) is 0 Å². The van der Waals surface area contributed by atoms with Gasteiger partial charge in [-0.1, -0.05) is 23.7 Å². The second-order valence-corrected chi connectivity index (χ2v) is 7.40. The first kappa shape index (κ1) is 17.1. The van der Waals surface area contributed by atoms with Gasteiger partial charge in [0.05, 0.1) is 16.5 Å². The normalized spacial score (nSPS) is 15.2. The van der Waals surface area contributed by atoms with E-state index in [4.69, 9.17) is 11.6 Å². The van der Waals surface area contributed by atoms with E-state index >= 15 is 0 Å². The molecule has 7 nitrogen and oxygen atoms in total. The highest BCUT2D eigenvalue weighted by Gasteiger charge is 2.29. The molecule has 28 heavy (non-hydrogen) atoms.